The van der Waals surface area contributed by atoms with Gasteiger partial charge in [-0.15, -0.1) is 0 Å². The van der Waals surface area contributed by atoms with Gasteiger partial charge in [0.05, 0.1) is 0 Å². The van der Waals surface area contributed by atoms with Crippen LogP contribution in [0.25, 0.3) is 22.2 Å². The standard InChI is InChI=1S/C23H26N2O2/c1-23(2,3)15-21(26)25-13-7-10-19(25)22-24-18-14-17(11-12-20(18)27-22)16-8-5-4-6-9-16/h4-6,8-9,11-12,14,19H,7,10,13,15H2,1-3H3. The number of hydrogen-bond acceptors (Lipinski definition) is 3. The van der Waals surface area contributed by atoms with Crippen LogP contribution in [0.1, 0.15) is 52.0 Å². The summed E-state index contributed by atoms with van der Waals surface area (Å²) in [6.07, 6.45) is 2.45. The van der Waals surface area contributed by atoms with Crippen LogP contribution >= 0.6 is 0 Å². The van der Waals surface area contributed by atoms with Crippen LogP contribution in [-0.4, -0.2) is 22.3 Å². The summed E-state index contributed by atoms with van der Waals surface area (Å²) < 4.78 is 6.05. The lowest BCUT2D eigenvalue weighted by Crippen LogP contribution is -2.33. The summed E-state index contributed by atoms with van der Waals surface area (Å²) in [5, 5.41) is 0. The van der Waals surface area contributed by atoms with E-state index < -0.39 is 0 Å². The number of oxazole rings is 1. The van der Waals surface area contributed by atoms with Crippen molar-refractivity contribution in [3.8, 4) is 11.1 Å². The molecule has 0 N–H and O–H groups in total. The first-order valence-corrected chi connectivity index (χ1v) is 9.66. The predicted molar refractivity (Wildman–Crippen MR) is 107 cm³/mol. The van der Waals surface area contributed by atoms with E-state index in [9.17, 15) is 4.79 Å². The summed E-state index contributed by atoms with van der Waals surface area (Å²) >= 11 is 0. The van der Waals surface area contributed by atoms with Crippen LogP contribution in [0.3, 0.4) is 0 Å². The molecule has 2 aromatic carbocycles. The van der Waals surface area contributed by atoms with Crippen LogP contribution in [0.5, 0.6) is 0 Å². The van der Waals surface area contributed by atoms with Crippen LogP contribution in [0, 0.1) is 5.41 Å². The van der Waals surface area contributed by atoms with Gasteiger partial charge in [-0.3, -0.25) is 4.79 Å². The summed E-state index contributed by atoms with van der Waals surface area (Å²) in [5.74, 6) is 0.854. The minimum absolute atomic E-state index is 0.0177. The number of likely N-dealkylation sites (tertiary alicyclic amines) is 1. The van der Waals surface area contributed by atoms with Gasteiger partial charge in [-0.2, -0.15) is 0 Å². The van der Waals surface area contributed by atoms with Gasteiger partial charge >= 0.3 is 0 Å². The molecule has 1 fully saturated rings. The number of fused-ring (bicyclic) bond motifs is 1. The fourth-order valence-electron chi connectivity index (χ4n) is 3.78. The van der Waals surface area contributed by atoms with E-state index in [4.69, 9.17) is 9.40 Å². The van der Waals surface area contributed by atoms with E-state index in [-0.39, 0.29) is 17.4 Å². The van der Waals surface area contributed by atoms with Gasteiger partial charge in [0.1, 0.15) is 11.6 Å². The van der Waals surface area contributed by atoms with Crippen LogP contribution < -0.4 is 0 Å². The van der Waals surface area contributed by atoms with Crippen molar-refractivity contribution in [3.63, 3.8) is 0 Å². The second-order valence-corrected chi connectivity index (χ2v) is 8.58. The molecule has 0 aliphatic carbocycles. The third kappa shape index (κ3) is 3.75. The number of carbonyl (C=O) groups excluding carboxylic acids is 1. The fraction of sp³-hybridized carbons (Fsp3) is 0.391. The van der Waals surface area contributed by atoms with Gasteiger partial charge in [0, 0.05) is 13.0 Å². The first-order chi connectivity index (χ1) is 12.9. The second kappa shape index (κ2) is 6.84. The molecule has 3 aromatic rings. The maximum atomic E-state index is 12.8. The molecule has 140 valence electrons. The van der Waals surface area contributed by atoms with E-state index in [0.29, 0.717) is 12.3 Å². The summed E-state index contributed by atoms with van der Waals surface area (Å²) in [5.41, 5.74) is 3.89. The molecule has 1 unspecified atom stereocenters. The molecule has 2 heterocycles. The third-order valence-corrected chi connectivity index (χ3v) is 5.05. The van der Waals surface area contributed by atoms with Crippen LogP contribution in [-0.2, 0) is 4.79 Å². The van der Waals surface area contributed by atoms with Gasteiger partial charge in [-0.1, -0.05) is 57.2 Å². The Morgan fingerprint density at radius 2 is 1.93 bits per heavy atom. The van der Waals surface area contributed by atoms with Gasteiger partial charge in [-0.25, -0.2) is 4.98 Å². The number of carbonyl (C=O) groups is 1. The topological polar surface area (TPSA) is 46.3 Å². The minimum Gasteiger partial charge on any atom is -0.438 e. The Bertz CT molecular complexity index is 953. The largest absolute Gasteiger partial charge is 0.438 e. The molecule has 1 saturated heterocycles. The highest BCUT2D eigenvalue weighted by Crippen LogP contribution is 2.35. The number of benzene rings is 2. The lowest BCUT2D eigenvalue weighted by atomic mass is 9.91. The maximum absolute atomic E-state index is 12.8. The number of amides is 1. The monoisotopic (exact) mass is 362 g/mol. The van der Waals surface area contributed by atoms with Gasteiger partial charge in [0.15, 0.2) is 5.58 Å². The van der Waals surface area contributed by atoms with E-state index in [2.05, 4.69) is 45.0 Å². The second-order valence-electron chi connectivity index (χ2n) is 8.58. The first kappa shape index (κ1) is 17.8. The smallest absolute Gasteiger partial charge is 0.223 e. The number of rotatable bonds is 3. The van der Waals surface area contributed by atoms with E-state index in [0.717, 1.165) is 41.6 Å². The number of hydrogen-bond donors (Lipinski definition) is 0. The Balaban J connectivity index is 1.62. The Morgan fingerprint density at radius 1 is 1.15 bits per heavy atom. The molecule has 4 rings (SSSR count). The van der Waals surface area contributed by atoms with Gasteiger partial charge in [0.2, 0.25) is 11.8 Å². The van der Waals surface area contributed by atoms with Crippen molar-refractivity contribution in [2.45, 2.75) is 46.1 Å². The van der Waals surface area contributed by atoms with Crippen LogP contribution in [0.4, 0.5) is 0 Å². The quantitative estimate of drug-likeness (QED) is 0.610. The molecule has 0 bridgehead atoms. The fourth-order valence-corrected chi connectivity index (χ4v) is 3.78. The molecule has 4 nitrogen and oxygen atoms in total. The molecule has 1 aromatic heterocycles. The lowest BCUT2D eigenvalue weighted by Gasteiger charge is -2.26. The maximum Gasteiger partial charge on any atom is 0.223 e. The summed E-state index contributed by atoms with van der Waals surface area (Å²) in [6.45, 7) is 7.08. The van der Waals surface area contributed by atoms with Gasteiger partial charge in [-0.05, 0) is 41.5 Å². The Kier molecular flexibility index (Phi) is 4.50. The average Bonchev–Trinajstić information content (AvgIpc) is 3.27. The van der Waals surface area contributed by atoms with Gasteiger partial charge < -0.3 is 9.32 Å². The zero-order valence-electron chi connectivity index (χ0n) is 16.2. The summed E-state index contributed by atoms with van der Waals surface area (Å²) in [7, 11) is 0. The van der Waals surface area contributed by atoms with Crippen molar-refractivity contribution in [1.82, 2.24) is 9.88 Å². The molecular formula is C23H26N2O2. The number of aromatic nitrogens is 1. The molecule has 0 spiro atoms. The van der Waals surface area contributed by atoms with E-state index in [1.165, 1.54) is 0 Å². The van der Waals surface area contributed by atoms with Crippen LogP contribution in [0.2, 0.25) is 0 Å². The Hall–Kier alpha value is -2.62. The summed E-state index contributed by atoms with van der Waals surface area (Å²) in [4.78, 5) is 19.5. The SMILES string of the molecule is CC(C)(C)CC(=O)N1CCCC1c1nc2cc(-c3ccccc3)ccc2o1. The van der Waals surface area contributed by atoms with Crippen molar-refractivity contribution in [2.24, 2.45) is 5.41 Å². The molecule has 0 radical (unpaired) electrons. The van der Waals surface area contributed by atoms with Crippen molar-refractivity contribution >= 4 is 17.0 Å². The molecule has 27 heavy (non-hydrogen) atoms. The van der Waals surface area contributed by atoms with Gasteiger partial charge in [0.25, 0.3) is 0 Å². The third-order valence-electron chi connectivity index (χ3n) is 5.05. The molecule has 1 aliphatic rings. The number of nitrogens with zero attached hydrogens (tertiary/aromatic N) is 2. The minimum atomic E-state index is -0.0487. The zero-order chi connectivity index (χ0) is 19.0. The molecule has 1 aliphatic heterocycles. The van der Waals surface area contributed by atoms with E-state index >= 15 is 0 Å². The molecule has 1 atom stereocenters. The summed E-state index contributed by atoms with van der Waals surface area (Å²) in [6, 6.07) is 16.3. The predicted octanol–water partition coefficient (Wildman–Crippen LogP) is 5.59. The zero-order valence-corrected chi connectivity index (χ0v) is 16.2. The van der Waals surface area contributed by atoms with E-state index in [1.54, 1.807) is 0 Å². The normalized spacial score (nSPS) is 17.6. The van der Waals surface area contributed by atoms with Crippen molar-refractivity contribution in [2.75, 3.05) is 6.54 Å². The lowest BCUT2D eigenvalue weighted by molar-refractivity contribution is -0.134. The highest BCUT2D eigenvalue weighted by molar-refractivity contribution is 5.81. The molecule has 0 saturated carbocycles. The first-order valence-electron chi connectivity index (χ1n) is 9.66. The van der Waals surface area contributed by atoms with E-state index in [1.807, 2.05) is 29.2 Å². The Morgan fingerprint density at radius 3 is 2.67 bits per heavy atom. The van der Waals surface area contributed by atoms with Crippen molar-refractivity contribution in [3.05, 3.63) is 54.4 Å². The van der Waals surface area contributed by atoms with Crippen molar-refractivity contribution in [1.29, 1.82) is 0 Å². The van der Waals surface area contributed by atoms with Crippen LogP contribution in [0.15, 0.2) is 52.9 Å². The molecule has 4 heteroatoms. The molecule has 1 amide bonds. The molecular weight excluding hydrogens is 336 g/mol. The highest BCUT2D eigenvalue weighted by atomic mass is 16.3. The Labute approximate surface area is 160 Å². The average molecular weight is 362 g/mol. The highest BCUT2D eigenvalue weighted by Gasteiger charge is 2.34. The van der Waals surface area contributed by atoms with Crippen molar-refractivity contribution < 1.29 is 9.21 Å².